The van der Waals surface area contributed by atoms with Crippen LogP contribution in [0, 0.1) is 0 Å². The van der Waals surface area contributed by atoms with Crippen LogP contribution in [0.25, 0.3) is 0 Å². The maximum atomic E-state index is 12.0. The van der Waals surface area contributed by atoms with Gasteiger partial charge in [-0.05, 0) is 51.8 Å². The quantitative estimate of drug-likeness (QED) is 0.293. The Labute approximate surface area is 165 Å². The monoisotopic (exact) mass is 375 g/mol. The van der Waals surface area contributed by atoms with Crippen molar-refractivity contribution in [1.29, 1.82) is 0 Å². The standard InChI is InChI=1S/C22H37N3O2/c1-6-10-11-12-19(7-2)20(8-3)13-15-25(5)16-14-24-22(27)21(9-4)17-23-18-26/h7-9,11-12,17,26H,6,10,13-16,18H2,1-5H3,(H,24,27)/b12-11-,19-7+,20-8+,21-9+,23-17-. The lowest BCUT2D eigenvalue weighted by Gasteiger charge is -2.18. The SMILES string of the molecule is C/C=C(\C=N/CO)C(=O)NCCN(C)CCC(=C\C)/C(/C=C\CCC)=C/C. The molecular weight excluding hydrogens is 338 g/mol. The zero-order valence-corrected chi connectivity index (χ0v) is 17.7. The second kappa shape index (κ2) is 16.2. The molecule has 0 atom stereocenters. The van der Waals surface area contributed by atoms with Crippen molar-refractivity contribution >= 4 is 12.1 Å². The molecule has 0 rings (SSSR count). The van der Waals surface area contributed by atoms with Crippen LogP contribution < -0.4 is 5.32 Å². The Kier molecular flexibility index (Phi) is 15.0. The van der Waals surface area contributed by atoms with Gasteiger partial charge in [0, 0.05) is 25.8 Å². The average molecular weight is 376 g/mol. The molecule has 0 fully saturated rings. The van der Waals surface area contributed by atoms with E-state index in [0.29, 0.717) is 12.1 Å². The first-order valence-corrected chi connectivity index (χ1v) is 9.76. The highest BCUT2D eigenvalue weighted by atomic mass is 16.3. The van der Waals surface area contributed by atoms with Crippen LogP contribution in [0.1, 0.15) is 47.0 Å². The third kappa shape index (κ3) is 11.4. The molecule has 0 aliphatic carbocycles. The number of hydrogen-bond donors (Lipinski definition) is 2. The summed E-state index contributed by atoms with van der Waals surface area (Å²) in [5.74, 6) is -0.172. The van der Waals surface area contributed by atoms with Gasteiger partial charge in [-0.2, -0.15) is 0 Å². The molecule has 1 amide bonds. The average Bonchev–Trinajstić information content (AvgIpc) is 2.67. The molecule has 0 heterocycles. The van der Waals surface area contributed by atoms with Crippen molar-refractivity contribution in [2.75, 3.05) is 33.4 Å². The molecule has 0 unspecified atom stereocenters. The molecule has 152 valence electrons. The third-order valence-corrected chi connectivity index (χ3v) is 4.21. The van der Waals surface area contributed by atoms with Gasteiger partial charge in [-0.1, -0.05) is 43.7 Å². The number of nitrogens with one attached hydrogen (secondary N) is 1. The van der Waals surface area contributed by atoms with Crippen molar-refractivity contribution in [2.24, 2.45) is 4.99 Å². The minimum atomic E-state index is -0.317. The van der Waals surface area contributed by atoms with Crippen molar-refractivity contribution in [3.63, 3.8) is 0 Å². The van der Waals surface area contributed by atoms with Crippen LogP contribution in [0.15, 0.2) is 52.1 Å². The molecule has 2 N–H and O–H groups in total. The summed E-state index contributed by atoms with van der Waals surface area (Å²) in [4.78, 5) is 17.9. The number of carbonyl (C=O) groups is 1. The van der Waals surface area contributed by atoms with Crippen molar-refractivity contribution in [3.05, 3.63) is 47.1 Å². The molecule has 0 spiro atoms. The molecule has 0 aromatic heterocycles. The van der Waals surface area contributed by atoms with Crippen LogP contribution in [0.3, 0.4) is 0 Å². The Morgan fingerprint density at radius 2 is 1.81 bits per heavy atom. The maximum absolute atomic E-state index is 12.0. The van der Waals surface area contributed by atoms with Gasteiger partial charge in [0.25, 0.3) is 5.91 Å². The van der Waals surface area contributed by atoms with Crippen molar-refractivity contribution in [3.8, 4) is 0 Å². The summed E-state index contributed by atoms with van der Waals surface area (Å²) in [6.07, 6.45) is 15.1. The van der Waals surface area contributed by atoms with E-state index in [1.54, 1.807) is 13.0 Å². The van der Waals surface area contributed by atoms with Gasteiger partial charge in [-0.15, -0.1) is 0 Å². The minimum absolute atomic E-state index is 0.172. The van der Waals surface area contributed by atoms with Crippen molar-refractivity contribution in [1.82, 2.24) is 10.2 Å². The zero-order valence-electron chi connectivity index (χ0n) is 17.7. The highest BCUT2D eigenvalue weighted by Crippen LogP contribution is 2.16. The van der Waals surface area contributed by atoms with E-state index < -0.39 is 0 Å². The molecule has 5 heteroatoms. The summed E-state index contributed by atoms with van der Waals surface area (Å²) in [6, 6.07) is 0. The maximum Gasteiger partial charge on any atom is 0.252 e. The lowest BCUT2D eigenvalue weighted by Crippen LogP contribution is -2.34. The first-order chi connectivity index (χ1) is 13.0. The Morgan fingerprint density at radius 3 is 2.37 bits per heavy atom. The van der Waals surface area contributed by atoms with Crippen molar-refractivity contribution < 1.29 is 9.90 Å². The molecule has 0 aromatic rings. The summed E-state index contributed by atoms with van der Waals surface area (Å²) in [5, 5.41) is 11.6. The highest BCUT2D eigenvalue weighted by molar-refractivity contribution is 6.12. The van der Waals surface area contributed by atoms with E-state index in [9.17, 15) is 4.79 Å². The summed E-state index contributed by atoms with van der Waals surface area (Å²) >= 11 is 0. The van der Waals surface area contributed by atoms with Gasteiger partial charge < -0.3 is 15.3 Å². The molecule has 0 saturated heterocycles. The topological polar surface area (TPSA) is 64.9 Å². The summed E-state index contributed by atoms with van der Waals surface area (Å²) in [7, 11) is 2.06. The third-order valence-electron chi connectivity index (χ3n) is 4.21. The molecule has 0 saturated carbocycles. The van der Waals surface area contributed by atoms with E-state index in [2.05, 4.69) is 67.3 Å². The van der Waals surface area contributed by atoms with E-state index >= 15 is 0 Å². The smallest absolute Gasteiger partial charge is 0.252 e. The highest BCUT2D eigenvalue weighted by Gasteiger charge is 2.07. The molecule has 0 aliphatic rings. The largest absolute Gasteiger partial charge is 0.375 e. The minimum Gasteiger partial charge on any atom is -0.375 e. The number of nitrogens with zero attached hydrogens (tertiary/aromatic N) is 2. The fourth-order valence-electron chi connectivity index (χ4n) is 2.51. The van der Waals surface area contributed by atoms with Crippen LogP contribution >= 0.6 is 0 Å². The van der Waals surface area contributed by atoms with Crippen LogP contribution in [-0.4, -0.2) is 55.5 Å². The van der Waals surface area contributed by atoms with E-state index in [4.69, 9.17) is 5.11 Å². The molecule has 0 bridgehead atoms. The van der Waals surface area contributed by atoms with E-state index in [1.165, 1.54) is 17.4 Å². The molecular formula is C22H37N3O2. The number of amides is 1. The number of aliphatic hydroxyl groups excluding tert-OH is 1. The normalized spacial score (nSPS) is 14.0. The summed E-state index contributed by atoms with van der Waals surface area (Å²) < 4.78 is 0. The second-order valence-electron chi connectivity index (χ2n) is 6.26. The predicted molar refractivity (Wildman–Crippen MR) is 116 cm³/mol. The van der Waals surface area contributed by atoms with Gasteiger partial charge in [0.2, 0.25) is 0 Å². The van der Waals surface area contributed by atoms with E-state index in [-0.39, 0.29) is 12.6 Å². The Bertz CT molecular complexity index is 572. The van der Waals surface area contributed by atoms with Gasteiger partial charge in [0.15, 0.2) is 0 Å². The number of aliphatic imine (C=N–C) groups is 1. The Balaban J connectivity index is 4.40. The number of hydrogen-bond acceptors (Lipinski definition) is 4. The van der Waals surface area contributed by atoms with Crippen LogP contribution in [-0.2, 0) is 4.79 Å². The lowest BCUT2D eigenvalue weighted by molar-refractivity contribution is -0.117. The molecule has 5 nitrogen and oxygen atoms in total. The lowest BCUT2D eigenvalue weighted by atomic mass is 10.0. The first kappa shape index (κ1) is 25.0. The number of rotatable bonds is 13. The van der Waals surface area contributed by atoms with Crippen LogP contribution in [0.5, 0.6) is 0 Å². The van der Waals surface area contributed by atoms with Gasteiger partial charge in [0.1, 0.15) is 6.73 Å². The fraction of sp³-hybridized carbons (Fsp3) is 0.545. The molecule has 0 aliphatic heterocycles. The summed E-state index contributed by atoms with van der Waals surface area (Å²) in [5.41, 5.74) is 3.09. The van der Waals surface area contributed by atoms with Gasteiger partial charge in [-0.25, -0.2) is 0 Å². The predicted octanol–water partition coefficient (Wildman–Crippen LogP) is 3.64. The number of unbranched alkanes of at least 4 members (excludes halogenated alkanes) is 1. The van der Waals surface area contributed by atoms with Crippen molar-refractivity contribution in [2.45, 2.75) is 47.0 Å². The number of allylic oxidation sites excluding steroid dienone is 6. The number of carbonyl (C=O) groups excluding carboxylic acids is 1. The Hall–Kier alpha value is -1.98. The number of likely N-dealkylation sites (N-methyl/N-ethyl adjacent to an activating group) is 1. The second-order valence-corrected chi connectivity index (χ2v) is 6.26. The van der Waals surface area contributed by atoms with Gasteiger partial charge in [0.05, 0.1) is 5.57 Å². The first-order valence-electron chi connectivity index (χ1n) is 9.76. The number of aliphatic hydroxyl groups is 1. The zero-order chi connectivity index (χ0) is 20.5. The molecule has 27 heavy (non-hydrogen) atoms. The van der Waals surface area contributed by atoms with Crippen LogP contribution in [0.2, 0.25) is 0 Å². The molecule has 0 radical (unpaired) electrons. The molecule has 0 aromatic carbocycles. The summed E-state index contributed by atoms with van der Waals surface area (Å²) in [6.45, 7) is 10.1. The Morgan fingerprint density at radius 1 is 1.11 bits per heavy atom. The van der Waals surface area contributed by atoms with Crippen LogP contribution in [0.4, 0.5) is 0 Å². The fourth-order valence-corrected chi connectivity index (χ4v) is 2.51. The van der Waals surface area contributed by atoms with E-state index in [1.807, 2.05) is 0 Å². The van der Waals surface area contributed by atoms with Gasteiger partial charge in [-0.3, -0.25) is 9.79 Å². The van der Waals surface area contributed by atoms with Gasteiger partial charge >= 0.3 is 0 Å². The van der Waals surface area contributed by atoms with E-state index in [0.717, 1.165) is 32.4 Å².